The van der Waals surface area contributed by atoms with Crippen molar-refractivity contribution >= 4 is 35.1 Å². The molecule has 8 heteroatoms. The Hall–Kier alpha value is -3.39. The van der Waals surface area contributed by atoms with Gasteiger partial charge >= 0.3 is 5.97 Å². The number of carbonyl (C=O) groups is 3. The number of aryl methyl sites for hydroxylation is 2. The Balaban J connectivity index is 1.57. The van der Waals surface area contributed by atoms with Gasteiger partial charge in [-0.3, -0.25) is 9.59 Å². The zero-order valence-electron chi connectivity index (χ0n) is 17.4. The van der Waals surface area contributed by atoms with Crippen LogP contribution in [-0.2, 0) is 15.3 Å². The number of Topliss-reactive ketones (excluding diaryl/α,β-unsaturated/α-hetero) is 1. The van der Waals surface area contributed by atoms with Gasteiger partial charge in [-0.2, -0.15) is 0 Å². The summed E-state index contributed by atoms with van der Waals surface area (Å²) >= 11 is 1.47. The van der Waals surface area contributed by atoms with Crippen molar-refractivity contribution in [3.8, 4) is 0 Å². The van der Waals surface area contributed by atoms with E-state index in [1.54, 1.807) is 36.4 Å². The molecule has 0 radical (unpaired) electrons. The van der Waals surface area contributed by atoms with Crippen molar-refractivity contribution in [2.45, 2.75) is 31.4 Å². The number of benzene rings is 2. The fourth-order valence-corrected chi connectivity index (χ4v) is 4.01. The van der Waals surface area contributed by atoms with E-state index in [-0.39, 0.29) is 5.78 Å². The summed E-state index contributed by atoms with van der Waals surface area (Å²) < 4.78 is 10.4. The summed E-state index contributed by atoms with van der Waals surface area (Å²) in [5.74, 6) is 0.242. The third-order valence-electron chi connectivity index (χ3n) is 4.57. The average molecular weight is 439 g/mol. The molecular weight excluding hydrogens is 416 g/mol. The summed E-state index contributed by atoms with van der Waals surface area (Å²) in [7, 11) is 0. The Kier molecular flexibility index (Phi) is 7.25. The largest absolute Gasteiger partial charge is 0.452 e. The van der Waals surface area contributed by atoms with Gasteiger partial charge in [0, 0.05) is 27.5 Å². The zero-order valence-corrected chi connectivity index (χ0v) is 18.2. The summed E-state index contributed by atoms with van der Waals surface area (Å²) in [5, 5.41) is 6.58. The third-order valence-corrected chi connectivity index (χ3v) is 5.67. The van der Waals surface area contributed by atoms with E-state index in [4.69, 9.17) is 9.26 Å². The van der Waals surface area contributed by atoms with Crippen LogP contribution in [0.15, 0.2) is 57.9 Å². The van der Waals surface area contributed by atoms with Crippen molar-refractivity contribution < 1.29 is 23.6 Å². The quantitative estimate of drug-likeness (QED) is 0.312. The third kappa shape index (κ3) is 5.82. The number of amides is 1. The van der Waals surface area contributed by atoms with Gasteiger partial charge < -0.3 is 14.6 Å². The normalized spacial score (nSPS) is 10.5. The van der Waals surface area contributed by atoms with Crippen molar-refractivity contribution in [2.75, 3.05) is 11.9 Å². The monoisotopic (exact) mass is 438 g/mol. The number of nitrogens with one attached hydrogen (secondary N) is 1. The Morgan fingerprint density at radius 2 is 1.77 bits per heavy atom. The predicted molar refractivity (Wildman–Crippen MR) is 117 cm³/mol. The number of hydrogen-bond donors (Lipinski definition) is 1. The first-order valence-electron chi connectivity index (χ1n) is 9.56. The summed E-state index contributed by atoms with van der Waals surface area (Å²) in [6.07, 6.45) is 0. The summed E-state index contributed by atoms with van der Waals surface area (Å²) in [6.45, 7) is 4.77. The molecule has 1 amide bonds. The minimum Gasteiger partial charge on any atom is -0.452 e. The van der Waals surface area contributed by atoms with Gasteiger partial charge in [0.1, 0.15) is 5.76 Å². The second-order valence-electron chi connectivity index (χ2n) is 6.85. The van der Waals surface area contributed by atoms with Gasteiger partial charge in [-0.25, -0.2) is 4.79 Å². The van der Waals surface area contributed by atoms with Crippen molar-refractivity contribution in [3.63, 3.8) is 0 Å². The van der Waals surface area contributed by atoms with Gasteiger partial charge in [0.15, 0.2) is 12.4 Å². The van der Waals surface area contributed by atoms with Crippen LogP contribution in [0.1, 0.15) is 44.7 Å². The molecule has 0 aliphatic heterocycles. The van der Waals surface area contributed by atoms with Crippen LogP contribution < -0.4 is 5.32 Å². The molecular formula is C23H22N2O5S. The number of esters is 1. The van der Waals surface area contributed by atoms with E-state index < -0.39 is 18.5 Å². The highest BCUT2D eigenvalue weighted by atomic mass is 32.2. The van der Waals surface area contributed by atoms with Gasteiger partial charge in [0.2, 0.25) is 0 Å². The minimum atomic E-state index is -0.580. The van der Waals surface area contributed by atoms with Crippen LogP contribution >= 0.6 is 11.8 Å². The Morgan fingerprint density at radius 3 is 2.42 bits per heavy atom. The molecule has 1 N–H and O–H groups in total. The predicted octanol–water partition coefficient (Wildman–Crippen LogP) is 4.58. The van der Waals surface area contributed by atoms with Crippen molar-refractivity contribution in [2.24, 2.45) is 0 Å². The summed E-state index contributed by atoms with van der Waals surface area (Å²) in [4.78, 5) is 36.7. The van der Waals surface area contributed by atoms with E-state index >= 15 is 0 Å². The van der Waals surface area contributed by atoms with Crippen LogP contribution in [0.4, 0.5) is 5.69 Å². The molecule has 0 fully saturated rings. The molecule has 0 spiro atoms. The van der Waals surface area contributed by atoms with Gasteiger partial charge in [0.05, 0.1) is 11.3 Å². The highest BCUT2D eigenvalue weighted by Gasteiger charge is 2.16. The Bertz CT molecular complexity index is 1090. The molecule has 0 saturated heterocycles. The lowest BCUT2D eigenvalue weighted by atomic mass is 10.1. The SMILES string of the molecule is CC(=O)c1ccc(NC(=O)COC(=O)c2ccccc2SCc2c(C)noc2C)cc1. The zero-order chi connectivity index (χ0) is 22.4. The highest BCUT2D eigenvalue weighted by molar-refractivity contribution is 7.98. The fraction of sp³-hybridized carbons (Fsp3) is 0.217. The standard InChI is InChI=1S/C23H22N2O5S/c1-14-20(16(3)30-25-14)13-31-21-7-5-4-6-19(21)23(28)29-12-22(27)24-18-10-8-17(9-11-18)15(2)26/h4-11H,12-13H2,1-3H3,(H,24,27). The molecule has 1 heterocycles. The van der Waals surface area contributed by atoms with Crippen LogP contribution in [0, 0.1) is 13.8 Å². The van der Waals surface area contributed by atoms with E-state index in [1.807, 2.05) is 26.0 Å². The van der Waals surface area contributed by atoms with Crippen LogP contribution in [-0.4, -0.2) is 29.4 Å². The lowest BCUT2D eigenvalue weighted by molar-refractivity contribution is -0.119. The average Bonchev–Trinajstić information content (AvgIpc) is 3.08. The number of aromatic nitrogens is 1. The lowest BCUT2D eigenvalue weighted by Crippen LogP contribution is -2.21. The molecule has 7 nitrogen and oxygen atoms in total. The minimum absolute atomic E-state index is 0.0577. The van der Waals surface area contributed by atoms with Gasteiger partial charge in [0.25, 0.3) is 5.91 Å². The molecule has 0 aliphatic carbocycles. The number of hydrogen-bond acceptors (Lipinski definition) is 7. The molecule has 0 aliphatic rings. The molecule has 0 saturated carbocycles. The van der Waals surface area contributed by atoms with E-state index in [2.05, 4.69) is 10.5 Å². The first kappa shape index (κ1) is 22.3. The van der Waals surface area contributed by atoms with Gasteiger partial charge in [-0.15, -0.1) is 11.8 Å². The number of ether oxygens (including phenoxy) is 1. The smallest absolute Gasteiger partial charge is 0.339 e. The number of ketones is 1. The number of thioether (sulfide) groups is 1. The molecule has 2 aromatic carbocycles. The first-order chi connectivity index (χ1) is 14.8. The Morgan fingerprint density at radius 1 is 1.06 bits per heavy atom. The lowest BCUT2D eigenvalue weighted by Gasteiger charge is -2.10. The molecule has 3 rings (SSSR count). The molecule has 31 heavy (non-hydrogen) atoms. The maximum Gasteiger partial charge on any atom is 0.339 e. The van der Waals surface area contributed by atoms with E-state index in [1.165, 1.54) is 18.7 Å². The van der Waals surface area contributed by atoms with Crippen molar-refractivity contribution in [3.05, 3.63) is 76.7 Å². The summed E-state index contributed by atoms with van der Waals surface area (Å²) in [5.41, 5.74) is 3.26. The Labute approximate surface area is 184 Å². The van der Waals surface area contributed by atoms with Gasteiger partial charge in [-0.05, 0) is 57.2 Å². The molecule has 0 unspecified atom stereocenters. The molecule has 0 bridgehead atoms. The number of rotatable bonds is 8. The number of nitrogens with zero attached hydrogens (tertiary/aromatic N) is 1. The van der Waals surface area contributed by atoms with E-state index in [0.717, 1.165) is 21.9 Å². The van der Waals surface area contributed by atoms with Gasteiger partial charge in [-0.1, -0.05) is 17.3 Å². The maximum absolute atomic E-state index is 12.6. The number of anilines is 1. The van der Waals surface area contributed by atoms with Crippen LogP contribution in [0.25, 0.3) is 0 Å². The highest BCUT2D eigenvalue weighted by Crippen LogP contribution is 2.29. The second kappa shape index (κ2) is 10.1. The van der Waals surface area contributed by atoms with Crippen molar-refractivity contribution in [1.82, 2.24) is 5.16 Å². The van der Waals surface area contributed by atoms with Crippen LogP contribution in [0.5, 0.6) is 0 Å². The molecule has 160 valence electrons. The van der Waals surface area contributed by atoms with Crippen LogP contribution in [0.2, 0.25) is 0 Å². The molecule has 1 aromatic heterocycles. The molecule has 0 atom stereocenters. The fourth-order valence-electron chi connectivity index (χ4n) is 2.81. The van der Waals surface area contributed by atoms with Crippen molar-refractivity contribution in [1.29, 1.82) is 0 Å². The van der Waals surface area contributed by atoms with E-state index in [0.29, 0.717) is 22.6 Å². The first-order valence-corrected chi connectivity index (χ1v) is 10.5. The van der Waals surface area contributed by atoms with E-state index in [9.17, 15) is 14.4 Å². The van der Waals surface area contributed by atoms with Crippen LogP contribution in [0.3, 0.4) is 0 Å². The maximum atomic E-state index is 12.6. The number of carbonyl (C=O) groups excluding carboxylic acids is 3. The topological polar surface area (TPSA) is 98.5 Å². The molecule has 3 aromatic rings. The second-order valence-corrected chi connectivity index (χ2v) is 7.86. The summed E-state index contributed by atoms with van der Waals surface area (Å²) in [6, 6.07) is 13.6.